The third kappa shape index (κ3) is 4.04. The van der Waals surface area contributed by atoms with Gasteiger partial charge in [-0.05, 0) is 45.5 Å². The number of likely N-dealkylation sites (N-methyl/N-ethyl adjacent to an activating group) is 2. The highest BCUT2D eigenvalue weighted by atomic mass is 16.5. The summed E-state index contributed by atoms with van der Waals surface area (Å²) in [6, 6.07) is 3.57. The number of pyridine rings is 1. The number of rotatable bonds is 7. The molecular formula is C19H28N4O3. The van der Waals surface area contributed by atoms with E-state index in [9.17, 15) is 9.59 Å². The summed E-state index contributed by atoms with van der Waals surface area (Å²) < 4.78 is 5.79. The van der Waals surface area contributed by atoms with Crippen molar-refractivity contribution in [1.29, 1.82) is 0 Å². The quantitative estimate of drug-likeness (QED) is 0.724. The van der Waals surface area contributed by atoms with Gasteiger partial charge in [0.25, 0.3) is 5.91 Å². The Morgan fingerprint density at radius 2 is 2.12 bits per heavy atom. The number of hydrogen-bond acceptors (Lipinski definition) is 5. The predicted molar refractivity (Wildman–Crippen MR) is 97.4 cm³/mol. The summed E-state index contributed by atoms with van der Waals surface area (Å²) >= 11 is 0. The van der Waals surface area contributed by atoms with Crippen LogP contribution in [-0.2, 0) is 14.3 Å². The van der Waals surface area contributed by atoms with Gasteiger partial charge in [0.05, 0.1) is 6.04 Å². The van der Waals surface area contributed by atoms with Gasteiger partial charge in [-0.3, -0.25) is 14.6 Å². The zero-order valence-corrected chi connectivity index (χ0v) is 15.8. The minimum atomic E-state index is -0.681. The number of carbonyl (C=O) groups excluding carboxylic acids is 2. The lowest BCUT2D eigenvalue weighted by molar-refractivity contribution is -0.170. The van der Waals surface area contributed by atoms with Crippen molar-refractivity contribution >= 4 is 11.8 Å². The summed E-state index contributed by atoms with van der Waals surface area (Å²) in [5.41, 5.74) is 0.856. The Balaban J connectivity index is 1.87. The second-order valence-electron chi connectivity index (χ2n) is 7.22. The van der Waals surface area contributed by atoms with E-state index in [2.05, 4.69) is 9.88 Å². The summed E-state index contributed by atoms with van der Waals surface area (Å²) in [4.78, 5) is 35.7. The van der Waals surface area contributed by atoms with Crippen LogP contribution in [-0.4, -0.2) is 84.0 Å². The molecule has 2 fully saturated rings. The molecule has 1 saturated heterocycles. The van der Waals surface area contributed by atoms with Crippen LogP contribution in [0.25, 0.3) is 0 Å². The van der Waals surface area contributed by atoms with Crippen LogP contribution in [0.2, 0.25) is 0 Å². The second kappa shape index (κ2) is 8.14. The van der Waals surface area contributed by atoms with Crippen LogP contribution in [0.5, 0.6) is 0 Å². The molecule has 2 amide bonds. The minimum Gasteiger partial charge on any atom is -0.356 e. The first-order valence-corrected chi connectivity index (χ1v) is 9.29. The lowest BCUT2D eigenvalue weighted by Gasteiger charge is -2.42. The van der Waals surface area contributed by atoms with Crippen LogP contribution >= 0.6 is 0 Å². The van der Waals surface area contributed by atoms with E-state index in [0.717, 1.165) is 24.9 Å². The smallest absolute Gasteiger partial charge is 0.254 e. The maximum Gasteiger partial charge on any atom is 0.254 e. The van der Waals surface area contributed by atoms with Crippen LogP contribution in [0.3, 0.4) is 0 Å². The average molecular weight is 360 g/mol. The second-order valence-corrected chi connectivity index (χ2v) is 7.22. The molecular weight excluding hydrogens is 332 g/mol. The molecule has 7 heteroatoms. The molecule has 1 aliphatic carbocycles. The molecule has 26 heavy (non-hydrogen) atoms. The number of ether oxygens (including phenoxy) is 1. The van der Waals surface area contributed by atoms with Crippen LogP contribution in [0.1, 0.15) is 31.4 Å². The zero-order chi connectivity index (χ0) is 18.7. The van der Waals surface area contributed by atoms with Crippen molar-refractivity contribution in [3.8, 4) is 0 Å². The van der Waals surface area contributed by atoms with Gasteiger partial charge in [0, 0.05) is 38.1 Å². The number of morpholine rings is 1. The van der Waals surface area contributed by atoms with Crippen molar-refractivity contribution in [1.82, 2.24) is 19.7 Å². The van der Waals surface area contributed by atoms with Gasteiger partial charge in [0.1, 0.15) is 6.61 Å². The summed E-state index contributed by atoms with van der Waals surface area (Å²) in [6.45, 7) is 3.98. The summed E-state index contributed by atoms with van der Waals surface area (Å²) in [7, 11) is 3.97. The Kier molecular flexibility index (Phi) is 5.88. The third-order valence-corrected chi connectivity index (χ3v) is 4.98. The van der Waals surface area contributed by atoms with E-state index in [1.807, 2.05) is 43.0 Å². The van der Waals surface area contributed by atoms with E-state index in [0.29, 0.717) is 13.1 Å². The van der Waals surface area contributed by atoms with E-state index in [-0.39, 0.29) is 24.5 Å². The van der Waals surface area contributed by atoms with Gasteiger partial charge in [-0.2, -0.15) is 0 Å². The van der Waals surface area contributed by atoms with Gasteiger partial charge in [0.15, 0.2) is 6.10 Å². The minimum absolute atomic E-state index is 0.0328. The molecule has 0 aromatic carbocycles. The van der Waals surface area contributed by atoms with Crippen molar-refractivity contribution in [2.75, 3.05) is 40.3 Å². The lowest BCUT2D eigenvalue weighted by Crippen LogP contribution is -2.56. The molecule has 1 aromatic rings. The first kappa shape index (κ1) is 18.8. The SMILES string of the molecule is CCN(CCN(C)C)C(=O)[C@H]1OCC(=O)N(C2CC2)[C@@H]1c1cccnc1. The van der Waals surface area contributed by atoms with Crippen LogP contribution < -0.4 is 0 Å². The Hall–Kier alpha value is -1.99. The van der Waals surface area contributed by atoms with Crippen LogP contribution in [0.4, 0.5) is 0 Å². The van der Waals surface area contributed by atoms with Gasteiger partial charge in [-0.1, -0.05) is 6.07 Å². The molecule has 0 radical (unpaired) electrons. The summed E-state index contributed by atoms with van der Waals surface area (Å²) in [6.07, 6.45) is 4.73. The Labute approximate surface area is 154 Å². The number of amides is 2. The molecule has 7 nitrogen and oxygen atoms in total. The van der Waals surface area contributed by atoms with E-state index < -0.39 is 12.1 Å². The molecule has 2 atom stereocenters. The van der Waals surface area contributed by atoms with Crippen molar-refractivity contribution < 1.29 is 14.3 Å². The number of hydrogen-bond donors (Lipinski definition) is 0. The molecule has 1 saturated carbocycles. The topological polar surface area (TPSA) is 66.0 Å². The largest absolute Gasteiger partial charge is 0.356 e. The van der Waals surface area contributed by atoms with Gasteiger partial charge in [-0.15, -0.1) is 0 Å². The molecule has 0 unspecified atom stereocenters. The molecule has 2 aliphatic rings. The number of nitrogens with zero attached hydrogens (tertiary/aromatic N) is 4. The number of aromatic nitrogens is 1. The van der Waals surface area contributed by atoms with Crippen LogP contribution in [0.15, 0.2) is 24.5 Å². The van der Waals surface area contributed by atoms with Crippen molar-refractivity contribution in [3.05, 3.63) is 30.1 Å². The Morgan fingerprint density at radius 1 is 1.35 bits per heavy atom. The van der Waals surface area contributed by atoms with E-state index in [1.54, 1.807) is 12.4 Å². The van der Waals surface area contributed by atoms with E-state index >= 15 is 0 Å². The fourth-order valence-corrected chi connectivity index (χ4v) is 3.43. The average Bonchev–Trinajstić information content (AvgIpc) is 3.47. The van der Waals surface area contributed by atoms with Gasteiger partial charge >= 0.3 is 0 Å². The molecule has 0 spiro atoms. The molecule has 1 aliphatic heterocycles. The van der Waals surface area contributed by atoms with Crippen molar-refractivity contribution in [2.24, 2.45) is 0 Å². The van der Waals surface area contributed by atoms with Crippen molar-refractivity contribution in [2.45, 2.75) is 38.0 Å². The zero-order valence-electron chi connectivity index (χ0n) is 15.8. The Bertz CT molecular complexity index is 633. The molecule has 3 rings (SSSR count). The third-order valence-electron chi connectivity index (χ3n) is 4.98. The van der Waals surface area contributed by atoms with Crippen LogP contribution in [0, 0.1) is 0 Å². The van der Waals surface area contributed by atoms with E-state index in [4.69, 9.17) is 4.74 Å². The monoisotopic (exact) mass is 360 g/mol. The Morgan fingerprint density at radius 3 is 2.69 bits per heavy atom. The molecule has 1 aromatic heterocycles. The first-order valence-electron chi connectivity index (χ1n) is 9.29. The fraction of sp³-hybridized carbons (Fsp3) is 0.632. The van der Waals surface area contributed by atoms with Crippen molar-refractivity contribution in [3.63, 3.8) is 0 Å². The lowest BCUT2D eigenvalue weighted by atomic mass is 9.97. The van der Waals surface area contributed by atoms with Gasteiger partial charge < -0.3 is 19.4 Å². The number of carbonyl (C=O) groups is 2. The summed E-state index contributed by atoms with van der Waals surface area (Å²) in [5.74, 6) is -0.0944. The molecule has 0 N–H and O–H groups in total. The highest BCUT2D eigenvalue weighted by molar-refractivity contribution is 5.86. The highest BCUT2D eigenvalue weighted by Crippen LogP contribution is 2.39. The maximum atomic E-state index is 13.2. The standard InChI is InChI=1S/C19H28N4O3/c1-4-22(11-10-21(2)3)19(25)18-17(14-6-5-9-20-12-14)23(15-7-8-15)16(24)13-26-18/h5-6,9,12,15,17-18H,4,7-8,10-11,13H2,1-3H3/t17-,18+/m1/s1. The normalized spacial score (nSPS) is 23.4. The first-order chi connectivity index (χ1) is 12.5. The van der Waals surface area contributed by atoms with E-state index in [1.165, 1.54) is 0 Å². The highest BCUT2D eigenvalue weighted by Gasteiger charge is 2.48. The van der Waals surface area contributed by atoms with Gasteiger partial charge in [0.2, 0.25) is 5.91 Å². The molecule has 142 valence electrons. The summed E-state index contributed by atoms with van der Waals surface area (Å²) in [5, 5.41) is 0. The maximum absolute atomic E-state index is 13.2. The van der Waals surface area contributed by atoms with Gasteiger partial charge in [-0.25, -0.2) is 0 Å². The predicted octanol–water partition coefficient (Wildman–Crippen LogP) is 0.923. The fourth-order valence-electron chi connectivity index (χ4n) is 3.43. The molecule has 0 bridgehead atoms. The molecule has 2 heterocycles.